The lowest BCUT2D eigenvalue weighted by atomic mass is 10.1. The van der Waals surface area contributed by atoms with E-state index in [-0.39, 0.29) is 5.56 Å². The van der Waals surface area contributed by atoms with Crippen molar-refractivity contribution in [1.29, 1.82) is 0 Å². The number of ether oxygens (including phenoxy) is 1. The number of hydrogen-bond acceptors (Lipinski definition) is 5. The van der Waals surface area contributed by atoms with E-state index in [1.807, 2.05) is 11.9 Å². The number of nitrogens with two attached hydrogens (primary N) is 1. The number of rotatable bonds is 4. The van der Waals surface area contributed by atoms with Crippen molar-refractivity contribution in [1.82, 2.24) is 4.98 Å². The van der Waals surface area contributed by atoms with Crippen LogP contribution in [0.4, 0.5) is 6.01 Å². The Kier molecular flexibility index (Phi) is 2.87. The minimum atomic E-state index is -0.555. The van der Waals surface area contributed by atoms with Gasteiger partial charge in [0, 0.05) is 19.5 Å². The van der Waals surface area contributed by atoms with Crippen molar-refractivity contribution < 1.29 is 13.9 Å². The van der Waals surface area contributed by atoms with Gasteiger partial charge in [-0.3, -0.25) is 4.79 Å². The number of amides is 1. The molecule has 1 fully saturated rings. The Morgan fingerprint density at radius 1 is 1.63 bits per heavy atom. The molecular weight excluding hydrogens is 246 g/mol. The van der Waals surface area contributed by atoms with E-state index in [0.29, 0.717) is 23.0 Å². The van der Waals surface area contributed by atoms with Crippen molar-refractivity contribution in [2.75, 3.05) is 31.7 Å². The third kappa shape index (κ3) is 2.15. The van der Waals surface area contributed by atoms with E-state index in [9.17, 15) is 4.79 Å². The minimum Gasteiger partial charge on any atom is -0.423 e. The molecule has 3 rings (SSSR count). The summed E-state index contributed by atoms with van der Waals surface area (Å²) in [6.45, 7) is 2.35. The zero-order valence-corrected chi connectivity index (χ0v) is 10.5. The van der Waals surface area contributed by atoms with Crippen LogP contribution in [-0.4, -0.2) is 37.7 Å². The fraction of sp³-hybridized carbons (Fsp3) is 0.385. The Labute approximate surface area is 110 Å². The number of carbonyl (C=O) groups is 1. The molecule has 0 unspecified atom stereocenters. The van der Waals surface area contributed by atoms with Crippen molar-refractivity contribution in [3.8, 4) is 0 Å². The SMILES string of the molecule is CN(CC1COC1)c1nc2c(C(N)=O)[c]ccc2o1. The van der Waals surface area contributed by atoms with Gasteiger partial charge in [0.05, 0.1) is 18.8 Å². The third-order valence-corrected chi connectivity index (χ3v) is 3.15. The molecule has 1 radical (unpaired) electrons. The van der Waals surface area contributed by atoms with E-state index >= 15 is 0 Å². The van der Waals surface area contributed by atoms with E-state index in [1.165, 1.54) is 0 Å². The van der Waals surface area contributed by atoms with Crippen molar-refractivity contribution in [3.05, 3.63) is 23.8 Å². The molecule has 1 aromatic carbocycles. The smallest absolute Gasteiger partial charge is 0.298 e. The van der Waals surface area contributed by atoms with E-state index < -0.39 is 5.91 Å². The van der Waals surface area contributed by atoms with Gasteiger partial charge in [-0.05, 0) is 18.2 Å². The van der Waals surface area contributed by atoms with Crippen molar-refractivity contribution in [2.24, 2.45) is 11.7 Å². The molecule has 99 valence electrons. The molecule has 1 aliphatic rings. The molecular formula is C13H14N3O3. The first-order valence-corrected chi connectivity index (χ1v) is 6.05. The molecule has 2 aromatic rings. The van der Waals surface area contributed by atoms with E-state index in [0.717, 1.165) is 19.8 Å². The van der Waals surface area contributed by atoms with Crippen LogP contribution in [0.3, 0.4) is 0 Å². The number of aromatic nitrogens is 1. The van der Waals surface area contributed by atoms with Crippen LogP contribution < -0.4 is 10.6 Å². The van der Waals surface area contributed by atoms with Gasteiger partial charge >= 0.3 is 0 Å². The predicted octanol–water partition coefficient (Wildman–Crippen LogP) is 0.809. The van der Waals surface area contributed by atoms with Crippen LogP contribution >= 0.6 is 0 Å². The second kappa shape index (κ2) is 4.55. The van der Waals surface area contributed by atoms with Crippen LogP contribution in [0, 0.1) is 12.0 Å². The molecule has 0 bridgehead atoms. The molecule has 1 aromatic heterocycles. The second-order valence-electron chi connectivity index (χ2n) is 4.71. The Hall–Kier alpha value is -2.08. The fourth-order valence-electron chi connectivity index (χ4n) is 2.09. The highest BCUT2D eigenvalue weighted by Gasteiger charge is 2.23. The van der Waals surface area contributed by atoms with Gasteiger partial charge in [0.25, 0.3) is 11.9 Å². The molecule has 0 atom stereocenters. The standard InChI is InChI=1S/C13H14N3O3/c1-16(5-8-6-18-7-8)13-15-11-9(12(14)17)3-2-4-10(11)19-13/h2,4,8H,5-7H2,1H3,(H2,14,17). The summed E-state index contributed by atoms with van der Waals surface area (Å²) in [4.78, 5) is 17.6. The quantitative estimate of drug-likeness (QED) is 0.879. The summed E-state index contributed by atoms with van der Waals surface area (Å²) in [5, 5.41) is 0. The second-order valence-corrected chi connectivity index (χ2v) is 4.71. The van der Waals surface area contributed by atoms with Gasteiger partial charge in [-0.25, -0.2) is 0 Å². The van der Waals surface area contributed by atoms with Crippen molar-refractivity contribution >= 4 is 23.0 Å². The van der Waals surface area contributed by atoms with E-state index in [4.69, 9.17) is 14.9 Å². The summed E-state index contributed by atoms with van der Waals surface area (Å²) >= 11 is 0. The van der Waals surface area contributed by atoms with Gasteiger partial charge in [-0.2, -0.15) is 4.98 Å². The zero-order chi connectivity index (χ0) is 13.4. The molecule has 0 saturated carbocycles. The average molecular weight is 260 g/mol. The number of fused-ring (bicyclic) bond motifs is 1. The summed E-state index contributed by atoms with van der Waals surface area (Å²) in [5.74, 6) is -0.0531. The molecule has 1 amide bonds. The Morgan fingerprint density at radius 3 is 3.05 bits per heavy atom. The summed E-state index contributed by atoms with van der Waals surface area (Å²) in [6, 6.07) is 6.60. The van der Waals surface area contributed by atoms with Crippen molar-refractivity contribution in [3.63, 3.8) is 0 Å². The molecule has 2 N–H and O–H groups in total. The molecule has 19 heavy (non-hydrogen) atoms. The van der Waals surface area contributed by atoms with Crippen LogP contribution in [0.2, 0.25) is 0 Å². The lowest BCUT2D eigenvalue weighted by molar-refractivity contribution is -0.0275. The molecule has 2 heterocycles. The largest absolute Gasteiger partial charge is 0.423 e. The molecule has 6 nitrogen and oxygen atoms in total. The first kappa shape index (κ1) is 12.0. The summed E-state index contributed by atoms with van der Waals surface area (Å²) in [7, 11) is 1.90. The van der Waals surface area contributed by atoms with Crippen LogP contribution in [0.5, 0.6) is 0 Å². The number of benzene rings is 1. The molecule has 0 aliphatic carbocycles. The van der Waals surface area contributed by atoms with Crippen molar-refractivity contribution in [2.45, 2.75) is 0 Å². The van der Waals surface area contributed by atoms with Crippen LogP contribution in [0.15, 0.2) is 16.5 Å². The van der Waals surface area contributed by atoms with Crippen LogP contribution in [-0.2, 0) is 4.74 Å². The van der Waals surface area contributed by atoms with Crippen LogP contribution in [0.1, 0.15) is 10.4 Å². The van der Waals surface area contributed by atoms with Gasteiger partial charge in [0.2, 0.25) is 0 Å². The lowest BCUT2D eigenvalue weighted by Gasteiger charge is -2.29. The maximum atomic E-state index is 11.3. The number of carbonyl (C=O) groups excluding carboxylic acids is 1. The molecule has 6 heteroatoms. The number of nitrogens with zero attached hydrogens (tertiary/aromatic N) is 2. The highest BCUT2D eigenvalue weighted by molar-refractivity contribution is 6.03. The summed E-state index contributed by atoms with van der Waals surface area (Å²) < 4.78 is 10.8. The van der Waals surface area contributed by atoms with Gasteiger partial charge in [0.15, 0.2) is 5.58 Å². The average Bonchev–Trinajstić information content (AvgIpc) is 2.76. The maximum Gasteiger partial charge on any atom is 0.298 e. The van der Waals surface area contributed by atoms with Crippen LogP contribution in [0.25, 0.3) is 11.1 Å². The van der Waals surface area contributed by atoms with E-state index in [1.54, 1.807) is 12.1 Å². The summed E-state index contributed by atoms with van der Waals surface area (Å²) in [6.07, 6.45) is 0. The van der Waals surface area contributed by atoms with E-state index in [2.05, 4.69) is 11.1 Å². The minimum absolute atomic E-state index is 0.257. The first-order valence-electron chi connectivity index (χ1n) is 6.05. The van der Waals surface area contributed by atoms with Gasteiger partial charge in [0.1, 0.15) is 5.52 Å². The predicted molar refractivity (Wildman–Crippen MR) is 68.9 cm³/mol. The molecule has 0 spiro atoms. The molecule has 1 aliphatic heterocycles. The number of anilines is 1. The lowest BCUT2D eigenvalue weighted by Crippen LogP contribution is -2.37. The van der Waals surface area contributed by atoms with Gasteiger partial charge < -0.3 is 19.8 Å². The normalized spacial score (nSPS) is 15.4. The number of primary amides is 1. The Morgan fingerprint density at radius 2 is 2.42 bits per heavy atom. The highest BCUT2D eigenvalue weighted by Crippen LogP contribution is 2.24. The zero-order valence-electron chi connectivity index (χ0n) is 10.5. The summed E-state index contributed by atoms with van der Waals surface area (Å²) in [5.41, 5.74) is 6.55. The maximum absolute atomic E-state index is 11.3. The number of oxazole rings is 1. The molecule has 1 saturated heterocycles. The number of hydrogen-bond donors (Lipinski definition) is 1. The monoisotopic (exact) mass is 260 g/mol. The third-order valence-electron chi connectivity index (χ3n) is 3.15. The topological polar surface area (TPSA) is 81.6 Å². The Balaban J connectivity index is 1.92. The fourth-order valence-corrected chi connectivity index (χ4v) is 2.09. The Bertz CT molecular complexity index is 619. The van der Waals surface area contributed by atoms with Gasteiger partial charge in [-0.1, -0.05) is 0 Å². The van der Waals surface area contributed by atoms with Gasteiger partial charge in [-0.15, -0.1) is 0 Å². The highest BCUT2D eigenvalue weighted by atomic mass is 16.5. The first-order chi connectivity index (χ1) is 9.15.